The van der Waals surface area contributed by atoms with Gasteiger partial charge in [-0.3, -0.25) is 9.78 Å². The summed E-state index contributed by atoms with van der Waals surface area (Å²) in [6, 6.07) is 5.74. The van der Waals surface area contributed by atoms with Crippen molar-refractivity contribution in [3.8, 4) is 0 Å². The standard InChI is InChI=1S/C13H19N3O.ClH/c14-13(7-3-8-13)10-16-12(17)6-5-11-4-1-2-9-15-11;/h1-2,4,9H,3,5-8,10,14H2,(H,16,17);1H. The van der Waals surface area contributed by atoms with Crippen molar-refractivity contribution < 1.29 is 4.79 Å². The molecule has 3 N–H and O–H groups in total. The third-order valence-electron chi connectivity index (χ3n) is 3.32. The average molecular weight is 270 g/mol. The molecule has 0 saturated heterocycles. The number of carbonyl (C=O) groups is 1. The van der Waals surface area contributed by atoms with Crippen LogP contribution in [-0.2, 0) is 11.2 Å². The largest absolute Gasteiger partial charge is 0.354 e. The number of aryl methyl sites for hydroxylation is 1. The third-order valence-corrected chi connectivity index (χ3v) is 3.32. The van der Waals surface area contributed by atoms with Crippen LogP contribution in [0.5, 0.6) is 0 Å². The molecule has 0 aliphatic heterocycles. The van der Waals surface area contributed by atoms with Gasteiger partial charge in [0.05, 0.1) is 0 Å². The molecule has 0 unspecified atom stereocenters. The molecule has 0 radical (unpaired) electrons. The van der Waals surface area contributed by atoms with Gasteiger partial charge in [0.25, 0.3) is 0 Å². The Morgan fingerprint density at radius 1 is 1.44 bits per heavy atom. The summed E-state index contributed by atoms with van der Waals surface area (Å²) in [4.78, 5) is 15.8. The fourth-order valence-corrected chi connectivity index (χ4v) is 1.96. The van der Waals surface area contributed by atoms with E-state index in [-0.39, 0.29) is 23.9 Å². The minimum Gasteiger partial charge on any atom is -0.354 e. The third kappa shape index (κ3) is 4.27. The lowest BCUT2D eigenvalue weighted by atomic mass is 9.78. The first-order valence-corrected chi connectivity index (χ1v) is 6.13. The zero-order valence-corrected chi connectivity index (χ0v) is 11.2. The highest BCUT2D eigenvalue weighted by molar-refractivity contribution is 5.85. The summed E-state index contributed by atoms with van der Waals surface area (Å²) >= 11 is 0. The van der Waals surface area contributed by atoms with E-state index in [1.807, 2.05) is 18.2 Å². The number of amides is 1. The first-order valence-electron chi connectivity index (χ1n) is 6.13. The predicted molar refractivity (Wildman–Crippen MR) is 73.6 cm³/mol. The highest BCUT2D eigenvalue weighted by Crippen LogP contribution is 2.27. The van der Waals surface area contributed by atoms with Crippen LogP contribution in [0.15, 0.2) is 24.4 Å². The van der Waals surface area contributed by atoms with E-state index in [0.29, 0.717) is 19.4 Å². The van der Waals surface area contributed by atoms with Crippen LogP contribution in [0.3, 0.4) is 0 Å². The van der Waals surface area contributed by atoms with Crippen LogP contribution < -0.4 is 11.1 Å². The van der Waals surface area contributed by atoms with Crippen molar-refractivity contribution in [2.75, 3.05) is 6.54 Å². The number of hydrogen-bond acceptors (Lipinski definition) is 3. The van der Waals surface area contributed by atoms with Crippen LogP contribution in [0.1, 0.15) is 31.4 Å². The molecule has 1 heterocycles. The number of pyridine rings is 1. The molecule has 1 aliphatic carbocycles. The Hall–Kier alpha value is -1.13. The van der Waals surface area contributed by atoms with E-state index < -0.39 is 0 Å². The number of halogens is 1. The average Bonchev–Trinajstić information content (AvgIpc) is 2.33. The van der Waals surface area contributed by atoms with Crippen molar-refractivity contribution in [3.63, 3.8) is 0 Å². The molecule has 0 aromatic carbocycles. The molecular formula is C13H20ClN3O. The fraction of sp³-hybridized carbons (Fsp3) is 0.538. The molecule has 0 spiro atoms. The first-order chi connectivity index (χ1) is 8.18. The van der Waals surface area contributed by atoms with Gasteiger partial charge in [-0.2, -0.15) is 0 Å². The van der Waals surface area contributed by atoms with Crippen LogP contribution in [0, 0.1) is 0 Å². The summed E-state index contributed by atoms with van der Waals surface area (Å²) in [5.74, 6) is 0.0624. The van der Waals surface area contributed by atoms with Crippen LogP contribution in [-0.4, -0.2) is 23.0 Å². The van der Waals surface area contributed by atoms with Gasteiger partial charge in [-0.05, 0) is 37.8 Å². The molecular weight excluding hydrogens is 250 g/mol. The zero-order chi connectivity index (χ0) is 12.1. The number of nitrogens with one attached hydrogen (secondary N) is 1. The monoisotopic (exact) mass is 269 g/mol. The van der Waals surface area contributed by atoms with Crippen molar-refractivity contribution in [1.29, 1.82) is 0 Å². The lowest BCUT2D eigenvalue weighted by molar-refractivity contribution is -0.121. The predicted octanol–water partition coefficient (Wildman–Crippen LogP) is 1.43. The normalized spacial score (nSPS) is 16.3. The molecule has 1 aromatic rings. The lowest BCUT2D eigenvalue weighted by Gasteiger charge is -2.38. The quantitative estimate of drug-likeness (QED) is 0.850. The molecule has 1 fully saturated rings. The minimum absolute atomic E-state index is 0. The van der Waals surface area contributed by atoms with Gasteiger partial charge in [-0.25, -0.2) is 0 Å². The van der Waals surface area contributed by atoms with Crippen molar-refractivity contribution in [2.24, 2.45) is 5.73 Å². The van der Waals surface area contributed by atoms with E-state index in [2.05, 4.69) is 10.3 Å². The second-order valence-electron chi connectivity index (χ2n) is 4.81. The summed E-state index contributed by atoms with van der Waals surface area (Å²) in [5.41, 5.74) is 6.85. The van der Waals surface area contributed by atoms with E-state index in [9.17, 15) is 4.79 Å². The van der Waals surface area contributed by atoms with Gasteiger partial charge < -0.3 is 11.1 Å². The molecule has 100 valence electrons. The molecule has 2 rings (SSSR count). The van der Waals surface area contributed by atoms with E-state index in [1.165, 1.54) is 6.42 Å². The molecule has 1 saturated carbocycles. The summed E-state index contributed by atoms with van der Waals surface area (Å²) < 4.78 is 0. The smallest absolute Gasteiger partial charge is 0.220 e. The molecule has 0 bridgehead atoms. The van der Waals surface area contributed by atoms with Gasteiger partial charge in [0.1, 0.15) is 0 Å². The molecule has 1 amide bonds. The topological polar surface area (TPSA) is 68.0 Å². The number of nitrogens with two attached hydrogens (primary N) is 1. The molecule has 4 nitrogen and oxygen atoms in total. The summed E-state index contributed by atoms with van der Waals surface area (Å²) in [6.07, 6.45) is 6.13. The Labute approximate surface area is 114 Å². The van der Waals surface area contributed by atoms with Gasteiger partial charge in [0.15, 0.2) is 0 Å². The van der Waals surface area contributed by atoms with Gasteiger partial charge in [0, 0.05) is 30.4 Å². The van der Waals surface area contributed by atoms with E-state index in [4.69, 9.17) is 5.73 Å². The van der Waals surface area contributed by atoms with E-state index in [1.54, 1.807) is 6.20 Å². The molecule has 18 heavy (non-hydrogen) atoms. The molecule has 1 aromatic heterocycles. The van der Waals surface area contributed by atoms with Crippen molar-refractivity contribution in [1.82, 2.24) is 10.3 Å². The summed E-state index contributed by atoms with van der Waals surface area (Å²) in [6.45, 7) is 0.605. The first kappa shape index (κ1) is 14.9. The summed E-state index contributed by atoms with van der Waals surface area (Å²) in [7, 11) is 0. The lowest BCUT2D eigenvalue weighted by Crippen LogP contribution is -2.54. The van der Waals surface area contributed by atoms with Crippen LogP contribution >= 0.6 is 12.4 Å². The van der Waals surface area contributed by atoms with Gasteiger partial charge in [-0.15, -0.1) is 12.4 Å². The number of nitrogens with zero attached hydrogens (tertiary/aromatic N) is 1. The van der Waals surface area contributed by atoms with Crippen molar-refractivity contribution >= 4 is 18.3 Å². The number of carbonyl (C=O) groups excluding carboxylic acids is 1. The Bertz CT molecular complexity index is 379. The second-order valence-corrected chi connectivity index (χ2v) is 4.81. The summed E-state index contributed by atoms with van der Waals surface area (Å²) in [5, 5.41) is 2.90. The molecule has 1 aliphatic rings. The Balaban J connectivity index is 0.00000162. The SMILES string of the molecule is Cl.NC1(CNC(=O)CCc2ccccn2)CCC1. The van der Waals surface area contributed by atoms with Crippen molar-refractivity contribution in [2.45, 2.75) is 37.6 Å². The maximum atomic E-state index is 11.6. The molecule has 5 heteroatoms. The number of rotatable bonds is 5. The highest BCUT2D eigenvalue weighted by Gasteiger charge is 2.32. The van der Waals surface area contributed by atoms with Gasteiger partial charge in [-0.1, -0.05) is 6.07 Å². The minimum atomic E-state index is -0.138. The molecule has 0 atom stereocenters. The Morgan fingerprint density at radius 2 is 2.22 bits per heavy atom. The fourth-order valence-electron chi connectivity index (χ4n) is 1.96. The van der Waals surface area contributed by atoms with Gasteiger partial charge >= 0.3 is 0 Å². The van der Waals surface area contributed by atoms with E-state index in [0.717, 1.165) is 18.5 Å². The second kappa shape index (κ2) is 6.71. The Kier molecular flexibility index (Phi) is 5.56. The van der Waals surface area contributed by atoms with Crippen molar-refractivity contribution in [3.05, 3.63) is 30.1 Å². The van der Waals surface area contributed by atoms with Crippen LogP contribution in [0.2, 0.25) is 0 Å². The van der Waals surface area contributed by atoms with Gasteiger partial charge in [0.2, 0.25) is 5.91 Å². The Morgan fingerprint density at radius 3 is 2.78 bits per heavy atom. The number of hydrogen-bond donors (Lipinski definition) is 2. The highest BCUT2D eigenvalue weighted by atomic mass is 35.5. The van der Waals surface area contributed by atoms with E-state index >= 15 is 0 Å². The van der Waals surface area contributed by atoms with Crippen LogP contribution in [0.25, 0.3) is 0 Å². The maximum Gasteiger partial charge on any atom is 0.220 e. The maximum absolute atomic E-state index is 11.6. The number of aromatic nitrogens is 1. The van der Waals surface area contributed by atoms with Crippen LogP contribution in [0.4, 0.5) is 0 Å². The zero-order valence-electron chi connectivity index (χ0n) is 10.4.